The van der Waals surface area contributed by atoms with E-state index in [-0.39, 0.29) is 18.4 Å². The SMILES string of the molecule is CSc1ccc2c(c1)[C@@H](N)CCO2.Cl. The molecular formula is C10H14ClNOS. The van der Waals surface area contributed by atoms with Crippen molar-refractivity contribution >= 4 is 24.2 Å². The minimum Gasteiger partial charge on any atom is -0.493 e. The smallest absolute Gasteiger partial charge is 0.124 e. The van der Waals surface area contributed by atoms with Gasteiger partial charge in [-0.25, -0.2) is 0 Å². The number of rotatable bonds is 1. The van der Waals surface area contributed by atoms with Crippen molar-refractivity contribution in [2.45, 2.75) is 17.4 Å². The Bertz CT molecular complexity index is 319. The van der Waals surface area contributed by atoms with Crippen LogP contribution in [-0.4, -0.2) is 12.9 Å². The lowest BCUT2D eigenvalue weighted by molar-refractivity contribution is 0.268. The predicted molar refractivity (Wildman–Crippen MR) is 62.5 cm³/mol. The highest BCUT2D eigenvalue weighted by Gasteiger charge is 2.17. The van der Waals surface area contributed by atoms with E-state index >= 15 is 0 Å². The molecule has 0 saturated carbocycles. The van der Waals surface area contributed by atoms with E-state index < -0.39 is 0 Å². The van der Waals surface area contributed by atoms with Crippen LogP contribution in [0, 0.1) is 0 Å². The average molecular weight is 232 g/mol. The summed E-state index contributed by atoms with van der Waals surface area (Å²) in [4.78, 5) is 1.25. The second kappa shape index (κ2) is 4.91. The summed E-state index contributed by atoms with van der Waals surface area (Å²) in [5.41, 5.74) is 7.13. The summed E-state index contributed by atoms with van der Waals surface area (Å²) in [6, 6.07) is 6.36. The van der Waals surface area contributed by atoms with Crippen molar-refractivity contribution in [3.63, 3.8) is 0 Å². The Morgan fingerprint density at radius 3 is 3.00 bits per heavy atom. The topological polar surface area (TPSA) is 35.2 Å². The van der Waals surface area contributed by atoms with Gasteiger partial charge in [-0.05, 0) is 24.5 Å². The van der Waals surface area contributed by atoms with Gasteiger partial charge in [0.05, 0.1) is 6.61 Å². The minimum absolute atomic E-state index is 0. The maximum Gasteiger partial charge on any atom is 0.124 e. The Kier molecular flexibility index (Phi) is 4.11. The molecule has 0 aromatic heterocycles. The molecule has 0 spiro atoms. The van der Waals surface area contributed by atoms with Crippen LogP contribution in [0.15, 0.2) is 23.1 Å². The Morgan fingerprint density at radius 2 is 2.29 bits per heavy atom. The molecule has 2 N–H and O–H groups in total. The third kappa shape index (κ3) is 2.16. The lowest BCUT2D eigenvalue weighted by Gasteiger charge is -2.23. The Balaban J connectivity index is 0.000000980. The van der Waals surface area contributed by atoms with Gasteiger partial charge in [-0.3, -0.25) is 0 Å². The predicted octanol–water partition coefficient (Wildman–Crippen LogP) is 2.61. The van der Waals surface area contributed by atoms with Gasteiger partial charge in [0.25, 0.3) is 0 Å². The van der Waals surface area contributed by atoms with E-state index in [9.17, 15) is 0 Å². The van der Waals surface area contributed by atoms with E-state index in [0.717, 1.165) is 24.3 Å². The fourth-order valence-corrected chi connectivity index (χ4v) is 1.98. The fraction of sp³-hybridized carbons (Fsp3) is 0.400. The fourth-order valence-electron chi connectivity index (χ4n) is 1.53. The summed E-state index contributed by atoms with van der Waals surface area (Å²) >= 11 is 1.73. The van der Waals surface area contributed by atoms with Crippen LogP contribution in [0.3, 0.4) is 0 Å². The van der Waals surface area contributed by atoms with E-state index in [0.29, 0.717) is 0 Å². The van der Waals surface area contributed by atoms with E-state index in [1.807, 2.05) is 6.07 Å². The van der Waals surface area contributed by atoms with Gasteiger partial charge in [-0.2, -0.15) is 0 Å². The van der Waals surface area contributed by atoms with E-state index in [1.54, 1.807) is 11.8 Å². The van der Waals surface area contributed by atoms with Gasteiger partial charge in [-0.15, -0.1) is 24.2 Å². The normalized spacial score (nSPS) is 19.1. The molecule has 4 heteroatoms. The summed E-state index contributed by atoms with van der Waals surface area (Å²) in [6.45, 7) is 0.743. The Labute approximate surface area is 94.6 Å². The molecule has 0 bridgehead atoms. The van der Waals surface area contributed by atoms with Crippen LogP contribution < -0.4 is 10.5 Å². The van der Waals surface area contributed by atoms with Crippen LogP contribution in [-0.2, 0) is 0 Å². The number of fused-ring (bicyclic) bond motifs is 1. The number of benzene rings is 1. The standard InChI is InChI=1S/C10H13NOS.ClH/c1-13-7-2-3-10-8(6-7)9(11)4-5-12-10;/h2-3,6,9H,4-5,11H2,1H3;1H/t9-;/m0./s1. The molecule has 1 aromatic rings. The monoisotopic (exact) mass is 231 g/mol. The molecule has 14 heavy (non-hydrogen) atoms. The third-order valence-electron chi connectivity index (χ3n) is 2.30. The molecule has 2 nitrogen and oxygen atoms in total. The van der Waals surface area contributed by atoms with Crippen LogP contribution in [0.25, 0.3) is 0 Å². The second-order valence-electron chi connectivity index (χ2n) is 3.15. The highest BCUT2D eigenvalue weighted by atomic mass is 35.5. The van der Waals surface area contributed by atoms with Gasteiger partial charge < -0.3 is 10.5 Å². The van der Waals surface area contributed by atoms with E-state index in [1.165, 1.54) is 4.90 Å². The largest absolute Gasteiger partial charge is 0.493 e. The molecule has 1 aromatic carbocycles. The zero-order chi connectivity index (χ0) is 9.26. The lowest BCUT2D eigenvalue weighted by Crippen LogP contribution is -2.20. The molecule has 0 fully saturated rings. The first-order valence-corrected chi connectivity index (χ1v) is 5.60. The van der Waals surface area contributed by atoms with Gasteiger partial charge in [0, 0.05) is 22.9 Å². The molecule has 1 atom stereocenters. The van der Waals surface area contributed by atoms with Crippen molar-refractivity contribution in [3.05, 3.63) is 23.8 Å². The molecule has 0 aliphatic carbocycles. The van der Waals surface area contributed by atoms with Crippen molar-refractivity contribution in [2.75, 3.05) is 12.9 Å². The summed E-state index contributed by atoms with van der Waals surface area (Å²) < 4.78 is 5.50. The van der Waals surface area contributed by atoms with Gasteiger partial charge >= 0.3 is 0 Å². The van der Waals surface area contributed by atoms with Crippen LogP contribution in [0.4, 0.5) is 0 Å². The van der Waals surface area contributed by atoms with Crippen molar-refractivity contribution in [1.82, 2.24) is 0 Å². The summed E-state index contributed by atoms with van der Waals surface area (Å²) in [5.74, 6) is 0.955. The van der Waals surface area contributed by atoms with Crippen molar-refractivity contribution in [2.24, 2.45) is 5.73 Å². The molecule has 2 rings (SSSR count). The molecule has 0 saturated heterocycles. The molecule has 0 amide bonds. The number of thioether (sulfide) groups is 1. The average Bonchev–Trinajstić information content (AvgIpc) is 2.18. The first-order chi connectivity index (χ1) is 6.31. The van der Waals surface area contributed by atoms with Crippen LogP contribution >= 0.6 is 24.2 Å². The number of ether oxygens (including phenoxy) is 1. The zero-order valence-corrected chi connectivity index (χ0v) is 9.66. The molecular weight excluding hydrogens is 218 g/mol. The molecule has 1 aliphatic heterocycles. The van der Waals surface area contributed by atoms with E-state index in [2.05, 4.69) is 18.4 Å². The maximum atomic E-state index is 5.98. The van der Waals surface area contributed by atoms with Crippen LogP contribution in [0.1, 0.15) is 18.0 Å². The van der Waals surface area contributed by atoms with Crippen molar-refractivity contribution < 1.29 is 4.74 Å². The first-order valence-electron chi connectivity index (χ1n) is 4.37. The van der Waals surface area contributed by atoms with E-state index in [4.69, 9.17) is 10.5 Å². The molecule has 78 valence electrons. The lowest BCUT2D eigenvalue weighted by atomic mass is 10.0. The molecule has 1 aliphatic rings. The Morgan fingerprint density at radius 1 is 1.50 bits per heavy atom. The van der Waals surface area contributed by atoms with Crippen LogP contribution in [0.2, 0.25) is 0 Å². The van der Waals surface area contributed by atoms with Crippen molar-refractivity contribution in [1.29, 1.82) is 0 Å². The quantitative estimate of drug-likeness (QED) is 0.755. The highest BCUT2D eigenvalue weighted by Crippen LogP contribution is 2.33. The number of halogens is 1. The van der Waals surface area contributed by atoms with Gasteiger partial charge in [-0.1, -0.05) is 0 Å². The zero-order valence-electron chi connectivity index (χ0n) is 8.03. The van der Waals surface area contributed by atoms with Crippen molar-refractivity contribution in [3.8, 4) is 5.75 Å². The van der Waals surface area contributed by atoms with Gasteiger partial charge in [0.2, 0.25) is 0 Å². The van der Waals surface area contributed by atoms with Crippen LogP contribution in [0.5, 0.6) is 5.75 Å². The number of nitrogens with two attached hydrogens (primary N) is 1. The molecule has 0 unspecified atom stereocenters. The second-order valence-corrected chi connectivity index (χ2v) is 4.03. The minimum atomic E-state index is 0. The maximum absolute atomic E-state index is 5.98. The molecule has 1 heterocycles. The number of hydrogen-bond acceptors (Lipinski definition) is 3. The van der Waals surface area contributed by atoms with Gasteiger partial charge in [0.15, 0.2) is 0 Å². The Hall–Kier alpha value is -0.380. The summed E-state index contributed by atoms with van der Waals surface area (Å²) in [5, 5.41) is 0. The first kappa shape index (κ1) is 11.7. The van der Waals surface area contributed by atoms with Gasteiger partial charge in [0.1, 0.15) is 5.75 Å². The number of hydrogen-bond donors (Lipinski definition) is 1. The third-order valence-corrected chi connectivity index (χ3v) is 3.03. The summed E-state index contributed by atoms with van der Waals surface area (Å²) in [7, 11) is 0. The molecule has 0 radical (unpaired) electrons. The highest BCUT2D eigenvalue weighted by molar-refractivity contribution is 7.98. The summed E-state index contributed by atoms with van der Waals surface area (Å²) in [6.07, 6.45) is 2.99.